The molecule has 5 nitrogen and oxygen atoms in total. The molecule has 1 heterocycles. The first kappa shape index (κ1) is 15.1. The average Bonchev–Trinajstić information content (AvgIpc) is 2.90. The molecule has 0 unspecified atom stereocenters. The minimum atomic E-state index is -3.71. The zero-order valence-corrected chi connectivity index (χ0v) is 13.6. The number of benzene rings is 1. The van der Waals surface area contributed by atoms with E-state index < -0.39 is 10.0 Å². The van der Waals surface area contributed by atoms with Crippen LogP contribution in [-0.2, 0) is 16.4 Å². The third kappa shape index (κ3) is 2.73. The highest BCUT2D eigenvalue weighted by atomic mass is 79.9. The van der Waals surface area contributed by atoms with Gasteiger partial charge in [0.1, 0.15) is 16.5 Å². The molecule has 7 heteroatoms. The van der Waals surface area contributed by atoms with Crippen LogP contribution < -0.4 is 4.74 Å². The Balaban J connectivity index is 2.62. The molecular formula is C13H15BrN2O3S. The van der Waals surface area contributed by atoms with E-state index in [9.17, 15) is 8.42 Å². The van der Waals surface area contributed by atoms with Crippen LogP contribution in [0.25, 0.3) is 0 Å². The van der Waals surface area contributed by atoms with E-state index in [4.69, 9.17) is 4.74 Å². The van der Waals surface area contributed by atoms with Crippen molar-refractivity contribution in [2.45, 2.75) is 25.2 Å². The number of rotatable bonds is 5. The van der Waals surface area contributed by atoms with Gasteiger partial charge in [0.05, 0.1) is 6.61 Å². The largest absolute Gasteiger partial charge is 0.492 e. The van der Waals surface area contributed by atoms with Gasteiger partial charge in [0.25, 0.3) is 10.0 Å². The number of hydrogen-bond acceptors (Lipinski definition) is 4. The molecule has 0 saturated carbocycles. The van der Waals surface area contributed by atoms with Crippen molar-refractivity contribution in [2.75, 3.05) is 6.61 Å². The molecule has 0 saturated heterocycles. The fourth-order valence-electron chi connectivity index (χ4n) is 1.85. The van der Waals surface area contributed by atoms with Crippen molar-refractivity contribution in [3.8, 4) is 5.75 Å². The van der Waals surface area contributed by atoms with Crippen LogP contribution in [0.2, 0.25) is 0 Å². The van der Waals surface area contributed by atoms with Crippen molar-refractivity contribution >= 4 is 26.0 Å². The summed E-state index contributed by atoms with van der Waals surface area (Å²) in [5.74, 6) is 0.832. The predicted molar refractivity (Wildman–Crippen MR) is 79.5 cm³/mol. The Kier molecular flexibility index (Phi) is 4.49. The molecule has 0 radical (unpaired) electrons. The third-order valence-corrected chi connectivity index (χ3v) is 4.96. The van der Waals surface area contributed by atoms with Gasteiger partial charge in [-0.05, 0) is 25.1 Å². The summed E-state index contributed by atoms with van der Waals surface area (Å²) in [4.78, 5) is 4.18. The molecule has 0 bridgehead atoms. The van der Waals surface area contributed by atoms with Gasteiger partial charge in [0, 0.05) is 23.3 Å². The zero-order chi connectivity index (χ0) is 14.8. The molecule has 108 valence electrons. The summed E-state index contributed by atoms with van der Waals surface area (Å²) in [6.45, 7) is 4.07. The van der Waals surface area contributed by atoms with Crippen molar-refractivity contribution < 1.29 is 13.2 Å². The summed E-state index contributed by atoms with van der Waals surface area (Å²) < 4.78 is 32.8. The Labute approximate surface area is 126 Å². The van der Waals surface area contributed by atoms with Gasteiger partial charge in [-0.1, -0.05) is 22.9 Å². The van der Waals surface area contributed by atoms with E-state index in [0.717, 1.165) is 0 Å². The van der Waals surface area contributed by atoms with Crippen LogP contribution in [-0.4, -0.2) is 24.0 Å². The van der Waals surface area contributed by atoms with E-state index in [1.54, 1.807) is 18.2 Å². The predicted octanol–water partition coefficient (Wildman–Crippen LogP) is 2.84. The van der Waals surface area contributed by atoms with Gasteiger partial charge < -0.3 is 4.74 Å². The van der Waals surface area contributed by atoms with Gasteiger partial charge in [-0.25, -0.2) is 17.4 Å². The van der Waals surface area contributed by atoms with Crippen molar-refractivity contribution in [3.63, 3.8) is 0 Å². The molecule has 2 aromatic rings. The topological polar surface area (TPSA) is 61.2 Å². The van der Waals surface area contributed by atoms with E-state index in [0.29, 0.717) is 29.1 Å². The lowest BCUT2D eigenvalue weighted by Gasteiger charge is -2.13. The Bertz CT molecular complexity index is 710. The summed E-state index contributed by atoms with van der Waals surface area (Å²) in [5, 5.41) is 0. The van der Waals surface area contributed by atoms with Crippen LogP contribution in [0.3, 0.4) is 0 Å². The molecule has 0 aliphatic heterocycles. The fourth-order valence-corrected chi connectivity index (χ4v) is 3.90. The lowest BCUT2D eigenvalue weighted by Crippen LogP contribution is -2.16. The van der Waals surface area contributed by atoms with Gasteiger partial charge in [-0.2, -0.15) is 0 Å². The molecule has 0 atom stereocenters. The number of aryl methyl sites for hydroxylation is 1. The number of imidazole rings is 1. The molecule has 0 aliphatic carbocycles. The van der Waals surface area contributed by atoms with Crippen LogP contribution in [0, 0.1) is 0 Å². The normalized spacial score (nSPS) is 11.6. The van der Waals surface area contributed by atoms with Crippen LogP contribution in [0.4, 0.5) is 0 Å². The first-order chi connectivity index (χ1) is 9.50. The van der Waals surface area contributed by atoms with Gasteiger partial charge in [-0.3, -0.25) is 0 Å². The molecule has 0 spiro atoms. The molecule has 1 aromatic heterocycles. The van der Waals surface area contributed by atoms with Crippen LogP contribution >= 0.6 is 15.9 Å². The van der Waals surface area contributed by atoms with Gasteiger partial charge >= 0.3 is 0 Å². The summed E-state index contributed by atoms with van der Waals surface area (Å²) in [7, 11) is -3.71. The number of hydrogen-bond donors (Lipinski definition) is 0. The molecule has 20 heavy (non-hydrogen) atoms. The number of aromatic nitrogens is 2. The molecule has 0 aliphatic rings. The first-order valence-corrected chi connectivity index (χ1v) is 8.44. The fraction of sp³-hybridized carbons (Fsp3) is 0.308. The molecule has 1 aromatic carbocycles. The summed E-state index contributed by atoms with van der Waals surface area (Å²) >= 11 is 3.29. The number of halogens is 1. The summed E-state index contributed by atoms with van der Waals surface area (Å²) in [6, 6.07) is 4.93. The second kappa shape index (κ2) is 5.97. The highest BCUT2D eigenvalue weighted by molar-refractivity contribution is 9.10. The Morgan fingerprint density at radius 2 is 2.10 bits per heavy atom. The van der Waals surface area contributed by atoms with Crippen molar-refractivity contribution in [1.82, 2.24) is 8.96 Å². The maximum absolute atomic E-state index is 12.7. The second-order valence-electron chi connectivity index (χ2n) is 4.02. The molecule has 0 amide bonds. The lowest BCUT2D eigenvalue weighted by atomic mass is 10.3. The van der Waals surface area contributed by atoms with Crippen LogP contribution in [0.15, 0.2) is 40.0 Å². The maximum atomic E-state index is 12.7. The van der Waals surface area contributed by atoms with E-state index in [-0.39, 0.29) is 4.90 Å². The second-order valence-corrected chi connectivity index (χ2v) is 6.72. The highest BCUT2D eigenvalue weighted by Crippen LogP contribution is 2.29. The van der Waals surface area contributed by atoms with Crippen molar-refractivity contribution in [1.29, 1.82) is 0 Å². The quantitative estimate of drug-likeness (QED) is 0.824. The smallest absolute Gasteiger partial charge is 0.272 e. The van der Waals surface area contributed by atoms with Crippen molar-refractivity contribution in [3.05, 3.63) is 40.9 Å². The zero-order valence-electron chi connectivity index (χ0n) is 11.2. The number of ether oxygens (including phenoxy) is 1. The molecular weight excluding hydrogens is 344 g/mol. The van der Waals surface area contributed by atoms with E-state index in [1.807, 2.05) is 13.8 Å². The average molecular weight is 359 g/mol. The first-order valence-electron chi connectivity index (χ1n) is 6.20. The van der Waals surface area contributed by atoms with Gasteiger partial charge in [-0.15, -0.1) is 0 Å². The van der Waals surface area contributed by atoms with E-state index >= 15 is 0 Å². The Hall–Kier alpha value is -1.34. The Morgan fingerprint density at radius 3 is 2.75 bits per heavy atom. The lowest BCUT2D eigenvalue weighted by molar-refractivity contribution is 0.331. The standard InChI is InChI=1S/C13H15BrN2O3S/c1-3-13-15-7-8-16(13)20(17,18)12-9-10(14)5-6-11(12)19-4-2/h5-9H,3-4H2,1-2H3. The van der Waals surface area contributed by atoms with Gasteiger partial charge in [0.2, 0.25) is 0 Å². The maximum Gasteiger partial charge on any atom is 0.272 e. The van der Waals surface area contributed by atoms with E-state index in [1.165, 1.54) is 16.4 Å². The summed E-state index contributed by atoms with van der Waals surface area (Å²) in [5.41, 5.74) is 0. The third-order valence-electron chi connectivity index (χ3n) is 2.74. The van der Waals surface area contributed by atoms with Crippen LogP contribution in [0.5, 0.6) is 5.75 Å². The SMILES string of the molecule is CCOc1ccc(Br)cc1S(=O)(=O)n1ccnc1CC. The minimum absolute atomic E-state index is 0.126. The van der Waals surface area contributed by atoms with Gasteiger partial charge in [0.15, 0.2) is 0 Å². The summed E-state index contributed by atoms with van der Waals surface area (Å²) in [6.07, 6.45) is 3.46. The molecule has 2 rings (SSSR count). The van der Waals surface area contributed by atoms with Crippen LogP contribution in [0.1, 0.15) is 19.7 Å². The minimum Gasteiger partial charge on any atom is -0.492 e. The molecule has 0 N–H and O–H groups in total. The number of nitrogens with zero attached hydrogens (tertiary/aromatic N) is 2. The Morgan fingerprint density at radius 1 is 1.35 bits per heavy atom. The highest BCUT2D eigenvalue weighted by Gasteiger charge is 2.24. The van der Waals surface area contributed by atoms with Crippen molar-refractivity contribution in [2.24, 2.45) is 0 Å². The molecule has 0 fully saturated rings. The van der Waals surface area contributed by atoms with E-state index in [2.05, 4.69) is 20.9 Å². The monoisotopic (exact) mass is 358 g/mol.